The molecule has 1 heterocycles. The van der Waals surface area contributed by atoms with Crippen molar-refractivity contribution in [2.45, 2.75) is 45.2 Å². The van der Waals surface area contributed by atoms with Gasteiger partial charge in [0.15, 0.2) is 11.6 Å². The molecule has 0 radical (unpaired) electrons. The summed E-state index contributed by atoms with van der Waals surface area (Å²) >= 11 is 0. The van der Waals surface area contributed by atoms with E-state index in [0.717, 1.165) is 44.8 Å². The predicted molar refractivity (Wildman–Crippen MR) is 84.7 cm³/mol. The van der Waals surface area contributed by atoms with Crippen LogP contribution in [-0.2, 0) is 11.3 Å². The molecule has 0 aromatic heterocycles. The van der Waals surface area contributed by atoms with Gasteiger partial charge in [-0.3, -0.25) is 4.79 Å². The van der Waals surface area contributed by atoms with Crippen LogP contribution in [0.2, 0.25) is 0 Å². The lowest BCUT2D eigenvalue weighted by Gasteiger charge is -2.39. The van der Waals surface area contributed by atoms with Crippen LogP contribution in [0.5, 0.6) is 0 Å². The zero-order valence-corrected chi connectivity index (χ0v) is 13.5. The maximum Gasteiger partial charge on any atom is 0.225 e. The van der Waals surface area contributed by atoms with Gasteiger partial charge in [-0.05, 0) is 31.2 Å². The van der Waals surface area contributed by atoms with Crippen LogP contribution in [0.1, 0.15) is 38.2 Å². The van der Waals surface area contributed by atoms with E-state index in [0.29, 0.717) is 23.9 Å². The Bertz CT molecular complexity index is 574. The number of piperidine rings is 1. The molecule has 1 aliphatic heterocycles. The van der Waals surface area contributed by atoms with Crippen LogP contribution >= 0.6 is 0 Å². The van der Waals surface area contributed by atoms with E-state index >= 15 is 0 Å². The molecule has 1 N–H and O–H groups in total. The summed E-state index contributed by atoms with van der Waals surface area (Å²) in [5.74, 6) is -0.643. The van der Waals surface area contributed by atoms with Gasteiger partial charge < -0.3 is 10.2 Å². The second-order valence-electron chi connectivity index (χ2n) is 6.72. The largest absolute Gasteiger partial charge is 0.342 e. The van der Waals surface area contributed by atoms with Gasteiger partial charge in [0.25, 0.3) is 0 Å². The number of halogens is 2. The van der Waals surface area contributed by atoms with E-state index in [-0.39, 0.29) is 12.0 Å². The summed E-state index contributed by atoms with van der Waals surface area (Å²) in [6.07, 6.45) is 3.91. The summed E-state index contributed by atoms with van der Waals surface area (Å²) in [5, 5.41) is 3.37. The fraction of sp³-hybridized carbons (Fsp3) is 0.611. The monoisotopic (exact) mass is 322 g/mol. The maximum absolute atomic E-state index is 13.7. The number of hydrogen-bond donors (Lipinski definition) is 1. The number of nitrogens with zero attached hydrogens (tertiary/aromatic N) is 1. The Labute approximate surface area is 136 Å². The molecular formula is C18H24F2N2O. The SMILES string of the molecule is CCC1CN(C(=O)C2CC2)CCC1NCc1cccc(F)c1F. The van der Waals surface area contributed by atoms with E-state index in [1.54, 1.807) is 6.07 Å². The number of likely N-dealkylation sites (tertiary alicyclic amines) is 1. The van der Waals surface area contributed by atoms with Crippen molar-refractivity contribution in [1.29, 1.82) is 0 Å². The first-order chi connectivity index (χ1) is 11.1. The molecule has 126 valence electrons. The second kappa shape index (κ2) is 6.95. The van der Waals surface area contributed by atoms with Crippen molar-refractivity contribution in [2.75, 3.05) is 13.1 Å². The van der Waals surface area contributed by atoms with Gasteiger partial charge >= 0.3 is 0 Å². The summed E-state index contributed by atoms with van der Waals surface area (Å²) in [6.45, 7) is 3.97. The molecule has 1 saturated carbocycles. The summed E-state index contributed by atoms with van der Waals surface area (Å²) in [7, 11) is 0. The zero-order valence-electron chi connectivity index (χ0n) is 13.5. The van der Waals surface area contributed by atoms with Crippen LogP contribution in [0, 0.1) is 23.5 Å². The van der Waals surface area contributed by atoms with Crippen molar-refractivity contribution < 1.29 is 13.6 Å². The molecule has 2 aliphatic rings. The molecule has 23 heavy (non-hydrogen) atoms. The van der Waals surface area contributed by atoms with Crippen LogP contribution in [-0.4, -0.2) is 29.9 Å². The van der Waals surface area contributed by atoms with E-state index in [9.17, 15) is 13.6 Å². The van der Waals surface area contributed by atoms with Gasteiger partial charge in [0.1, 0.15) is 0 Å². The van der Waals surface area contributed by atoms with Crippen molar-refractivity contribution >= 4 is 5.91 Å². The Balaban J connectivity index is 1.57. The van der Waals surface area contributed by atoms with E-state index in [2.05, 4.69) is 12.2 Å². The molecule has 5 heteroatoms. The standard InChI is InChI=1S/C18H24F2N2O/c1-2-12-11-22(18(23)13-6-7-13)9-8-16(12)21-10-14-4-3-5-15(19)17(14)20/h3-5,12-13,16,21H,2,6-11H2,1H3. The Morgan fingerprint density at radius 2 is 2.09 bits per heavy atom. The minimum absolute atomic E-state index is 0.242. The zero-order chi connectivity index (χ0) is 16.4. The number of carbonyl (C=O) groups excluding carboxylic acids is 1. The summed E-state index contributed by atoms with van der Waals surface area (Å²) in [4.78, 5) is 14.2. The predicted octanol–water partition coefficient (Wildman–Crippen LogP) is 3.09. The number of rotatable bonds is 5. The van der Waals surface area contributed by atoms with Crippen LogP contribution in [0.25, 0.3) is 0 Å². The molecule has 1 aromatic rings. The molecule has 1 saturated heterocycles. The molecule has 1 aliphatic carbocycles. The van der Waals surface area contributed by atoms with Crippen molar-refractivity contribution in [1.82, 2.24) is 10.2 Å². The first kappa shape index (κ1) is 16.4. The second-order valence-corrected chi connectivity index (χ2v) is 6.72. The first-order valence-corrected chi connectivity index (χ1v) is 8.55. The lowest BCUT2D eigenvalue weighted by molar-refractivity contribution is -0.134. The van der Waals surface area contributed by atoms with Gasteiger partial charge in [-0.2, -0.15) is 0 Å². The molecule has 3 nitrogen and oxygen atoms in total. The third-order valence-electron chi connectivity index (χ3n) is 5.08. The summed E-state index contributed by atoms with van der Waals surface area (Å²) in [6, 6.07) is 4.52. The lowest BCUT2D eigenvalue weighted by Crippen LogP contribution is -2.51. The molecule has 3 rings (SSSR count). The van der Waals surface area contributed by atoms with E-state index < -0.39 is 11.6 Å². The molecule has 1 amide bonds. The topological polar surface area (TPSA) is 32.3 Å². The Morgan fingerprint density at radius 3 is 2.78 bits per heavy atom. The minimum atomic E-state index is -0.804. The van der Waals surface area contributed by atoms with Gasteiger partial charge in [0, 0.05) is 37.2 Å². The molecule has 0 spiro atoms. The van der Waals surface area contributed by atoms with Crippen molar-refractivity contribution in [3.63, 3.8) is 0 Å². The molecule has 2 fully saturated rings. The Morgan fingerprint density at radius 1 is 1.30 bits per heavy atom. The molecule has 2 atom stereocenters. The molecule has 0 bridgehead atoms. The average molecular weight is 322 g/mol. The van der Waals surface area contributed by atoms with Gasteiger partial charge in [-0.15, -0.1) is 0 Å². The lowest BCUT2D eigenvalue weighted by atomic mass is 9.89. The van der Waals surface area contributed by atoms with E-state index in [1.807, 2.05) is 4.90 Å². The summed E-state index contributed by atoms with van der Waals surface area (Å²) in [5.41, 5.74) is 0.358. The van der Waals surface area contributed by atoms with Crippen molar-refractivity contribution in [3.8, 4) is 0 Å². The first-order valence-electron chi connectivity index (χ1n) is 8.55. The molecule has 1 aromatic carbocycles. The van der Waals surface area contributed by atoms with Gasteiger partial charge in [0.05, 0.1) is 0 Å². The van der Waals surface area contributed by atoms with Gasteiger partial charge in [-0.1, -0.05) is 25.5 Å². The van der Waals surface area contributed by atoms with Gasteiger partial charge in [-0.25, -0.2) is 8.78 Å². The quantitative estimate of drug-likeness (QED) is 0.903. The van der Waals surface area contributed by atoms with Crippen molar-refractivity contribution in [2.24, 2.45) is 11.8 Å². The third kappa shape index (κ3) is 3.71. The number of benzene rings is 1. The minimum Gasteiger partial charge on any atom is -0.342 e. The van der Waals surface area contributed by atoms with Crippen molar-refractivity contribution in [3.05, 3.63) is 35.4 Å². The van der Waals surface area contributed by atoms with Crippen LogP contribution in [0.15, 0.2) is 18.2 Å². The highest BCUT2D eigenvalue weighted by Gasteiger charge is 2.37. The maximum atomic E-state index is 13.7. The molecular weight excluding hydrogens is 298 g/mol. The number of carbonyl (C=O) groups is 1. The number of hydrogen-bond acceptors (Lipinski definition) is 2. The highest BCUT2D eigenvalue weighted by Crippen LogP contribution is 2.33. The molecule has 2 unspecified atom stereocenters. The Kier molecular flexibility index (Phi) is 4.95. The highest BCUT2D eigenvalue weighted by molar-refractivity contribution is 5.81. The smallest absolute Gasteiger partial charge is 0.225 e. The highest BCUT2D eigenvalue weighted by atomic mass is 19.2. The fourth-order valence-electron chi connectivity index (χ4n) is 3.43. The van der Waals surface area contributed by atoms with E-state index in [4.69, 9.17) is 0 Å². The number of amides is 1. The average Bonchev–Trinajstić information content (AvgIpc) is 3.40. The third-order valence-corrected chi connectivity index (χ3v) is 5.08. The fourth-order valence-corrected chi connectivity index (χ4v) is 3.43. The normalized spacial score (nSPS) is 24.7. The summed E-state index contributed by atoms with van der Waals surface area (Å²) < 4.78 is 27.0. The van der Waals surface area contributed by atoms with Crippen LogP contribution in [0.4, 0.5) is 8.78 Å². The van der Waals surface area contributed by atoms with Crippen LogP contribution < -0.4 is 5.32 Å². The number of nitrogens with one attached hydrogen (secondary N) is 1. The van der Waals surface area contributed by atoms with E-state index in [1.165, 1.54) is 6.07 Å². The van der Waals surface area contributed by atoms with Crippen LogP contribution in [0.3, 0.4) is 0 Å². The van der Waals surface area contributed by atoms with Gasteiger partial charge in [0.2, 0.25) is 5.91 Å². The Hall–Kier alpha value is -1.49.